The first-order valence-electron chi connectivity index (χ1n) is 7.79. The van der Waals surface area contributed by atoms with Gasteiger partial charge in [-0.15, -0.1) is 0 Å². The van der Waals surface area contributed by atoms with Crippen LogP contribution in [-0.4, -0.2) is 12.9 Å². The maximum Gasteiger partial charge on any atom is 0.165 e. The molecule has 2 heteroatoms. The number of hydrogen-bond donors (Lipinski definition) is 0. The van der Waals surface area contributed by atoms with Crippen molar-refractivity contribution in [2.45, 2.75) is 40.5 Å². The van der Waals surface area contributed by atoms with Gasteiger partial charge in [-0.2, -0.15) is 0 Å². The number of methoxy groups -OCH3 is 1. The molecule has 1 aromatic rings. The molecule has 0 amide bonds. The van der Waals surface area contributed by atoms with Gasteiger partial charge in [0.05, 0.1) is 7.11 Å². The first-order chi connectivity index (χ1) is 9.88. The summed E-state index contributed by atoms with van der Waals surface area (Å²) in [4.78, 5) is 12.9. The fourth-order valence-electron chi connectivity index (χ4n) is 2.98. The molecule has 0 radical (unpaired) electrons. The van der Waals surface area contributed by atoms with E-state index in [1.807, 2.05) is 24.3 Å². The fraction of sp³-hybridized carbons (Fsp3) is 0.526. The van der Waals surface area contributed by atoms with E-state index in [9.17, 15) is 4.79 Å². The standard InChI is InChI=1S/C19H26O2/c1-13(2)19(4)11-10-14(3)17(18(19)20)12-15-6-8-16(21-5)9-7-15/h6-9,12-14H,10-11H2,1-5H3/b17-12+/t14-,19+/m1/s1. The van der Waals surface area contributed by atoms with E-state index in [1.165, 1.54) is 0 Å². The second-order valence-corrected chi connectivity index (χ2v) is 6.71. The van der Waals surface area contributed by atoms with Gasteiger partial charge in [0.15, 0.2) is 5.78 Å². The molecule has 2 rings (SSSR count). The van der Waals surface area contributed by atoms with Crippen LogP contribution in [0.3, 0.4) is 0 Å². The summed E-state index contributed by atoms with van der Waals surface area (Å²) < 4.78 is 5.18. The second-order valence-electron chi connectivity index (χ2n) is 6.71. The van der Waals surface area contributed by atoms with Crippen molar-refractivity contribution in [1.82, 2.24) is 0 Å². The maximum absolute atomic E-state index is 12.9. The molecule has 0 spiro atoms. The number of Topliss-reactive ketones (excluding diaryl/α,β-unsaturated/α-hetero) is 1. The zero-order valence-electron chi connectivity index (χ0n) is 13.8. The van der Waals surface area contributed by atoms with Crippen LogP contribution < -0.4 is 4.74 Å². The smallest absolute Gasteiger partial charge is 0.165 e. The van der Waals surface area contributed by atoms with Crippen molar-refractivity contribution in [3.63, 3.8) is 0 Å². The summed E-state index contributed by atoms with van der Waals surface area (Å²) in [5.74, 6) is 1.88. The highest BCUT2D eigenvalue weighted by Crippen LogP contribution is 2.44. The minimum atomic E-state index is -0.217. The topological polar surface area (TPSA) is 26.3 Å². The van der Waals surface area contributed by atoms with Crippen LogP contribution in [0.4, 0.5) is 0 Å². The number of allylic oxidation sites excluding steroid dienone is 1. The molecule has 2 nitrogen and oxygen atoms in total. The Bertz CT molecular complexity index is 539. The highest BCUT2D eigenvalue weighted by Gasteiger charge is 2.42. The van der Waals surface area contributed by atoms with E-state index in [0.717, 1.165) is 29.7 Å². The van der Waals surface area contributed by atoms with Gasteiger partial charge >= 0.3 is 0 Å². The highest BCUT2D eigenvalue weighted by molar-refractivity contribution is 6.04. The van der Waals surface area contributed by atoms with E-state index < -0.39 is 0 Å². The minimum absolute atomic E-state index is 0.217. The van der Waals surface area contributed by atoms with Gasteiger partial charge in [-0.3, -0.25) is 4.79 Å². The second kappa shape index (κ2) is 6.05. The van der Waals surface area contributed by atoms with Gasteiger partial charge in [0.2, 0.25) is 0 Å². The Kier molecular flexibility index (Phi) is 4.55. The molecular formula is C19H26O2. The summed E-state index contributed by atoms with van der Waals surface area (Å²) in [6.45, 7) is 8.58. The zero-order valence-corrected chi connectivity index (χ0v) is 13.8. The van der Waals surface area contributed by atoms with Crippen molar-refractivity contribution in [1.29, 1.82) is 0 Å². The Morgan fingerprint density at radius 1 is 1.29 bits per heavy atom. The van der Waals surface area contributed by atoms with Crippen molar-refractivity contribution >= 4 is 11.9 Å². The first kappa shape index (κ1) is 15.8. The van der Waals surface area contributed by atoms with Crippen LogP contribution >= 0.6 is 0 Å². The van der Waals surface area contributed by atoms with Crippen LogP contribution in [-0.2, 0) is 4.79 Å². The van der Waals surface area contributed by atoms with E-state index in [1.54, 1.807) is 7.11 Å². The summed E-state index contributed by atoms with van der Waals surface area (Å²) in [6, 6.07) is 7.89. The fourth-order valence-corrected chi connectivity index (χ4v) is 2.98. The van der Waals surface area contributed by atoms with E-state index in [-0.39, 0.29) is 5.41 Å². The number of ketones is 1. The van der Waals surface area contributed by atoms with E-state index >= 15 is 0 Å². The zero-order chi connectivity index (χ0) is 15.6. The molecule has 0 heterocycles. The summed E-state index contributed by atoms with van der Waals surface area (Å²) in [5, 5.41) is 0. The van der Waals surface area contributed by atoms with E-state index in [0.29, 0.717) is 17.6 Å². The predicted molar refractivity (Wildman–Crippen MR) is 87.3 cm³/mol. The summed E-state index contributed by atoms with van der Waals surface area (Å²) in [6.07, 6.45) is 4.14. The van der Waals surface area contributed by atoms with Crippen LogP contribution in [0.2, 0.25) is 0 Å². The Labute approximate surface area is 128 Å². The van der Waals surface area contributed by atoms with Gasteiger partial charge < -0.3 is 4.74 Å². The molecule has 1 saturated carbocycles. The molecule has 114 valence electrons. The highest BCUT2D eigenvalue weighted by atomic mass is 16.5. The Balaban J connectivity index is 2.34. The van der Waals surface area contributed by atoms with Crippen molar-refractivity contribution in [2.75, 3.05) is 7.11 Å². The lowest BCUT2D eigenvalue weighted by Crippen LogP contribution is -2.40. The normalized spacial score (nSPS) is 28.2. The average Bonchev–Trinajstić information content (AvgIpc) is 2.48. The number of benzene rings is 1. The van der Waals surface area contributed by atoms with Crippen molar-refractivity contribution in [2.24, 2.45) is 17.3 Å². The van der Waals surface area contributed by atoms with Gasteiger partial charge in [-0.1, -0.05) is 39.8 Å². The summed E-state index contributed by atoms with van der Waals surface area (Å²) in [5.41, 5.74) is 1.83. The number of hydrogen-bond acceptors (Lipinski definition) is 2. The molecule has 0 aliphatic heterocycles. The van der Waals surface area contributed by atoms with Crippen molar-refractivity contribution in [3.8, 4) is 5.75 Å². The van der Waals surface area contributed by atoms with Crippen LogP contribution in [0, 0.1) is 17.3 Å². The lowest BCUT2D eigenvalue weighted by Gasteiger charge is -2.39. The SMILES string of the molecule is COc1ccc(/C=C2/C(=O)[C@](C)(C(C)C)CC[C@H]2C)cc1. The minimum Gasteiger partial charge on any atom is -0.497 e. The largest absolute Gasteiger partial charge is 0.497 e. The quantitative estimate of drug-likeness (QED) is 0.750. The van der Waals surface area contributed by atoms with E-state index in [2.05, 4.69) is 33.8 Å². The van der Waals surface area contributed by atoms with Crippen LogP contribution in [0.25, 0.3) is 6.08 Å². The maximum atomic E-state index is 12.9. The van der Waals surface area contributed by atoms with E-state index in [4.69, 9.17) is 4.74 Å². The molecule has 0 unspecified atom stereocenters. The molecule has 0 bridgehead atoms. The number of carbonyl (C=O) groups excluding carboxylic acids is 1. The number of carbonyl (C=O) groups is 1. The van der Waals surface area contributed by atoms with Crippen LogP contribution in [0.5, 0.6) is 5.75 Å². The predicted octanol–water partition coefficient (Wildman–Crippen LogP) is 4.74. The summed E-state index contributed by atoms with van der Waals surface area (Å²) in [7, 11) is 1.66. The Hall–Kier alpha value is -1.57. The average molecular weight is 286 g/mol. The molecule has 1 aliphatic rings. The van der Waals surface area contributed by atoms with Gasteiger partial charge in [0.25, 0.3) is 0 Å². The molecule has 2 atom stereocenters. The lowest BCUT2D eigenvalue weighted by atomic mass is 9.63. The number of rotatable bonds is 3. The Morgan fingerprint density at radius 3 is 2.43 bits per heavy atom. The molecule has 1 aromatic carbocycles. The third kappa shape index (κ3) is 3.04. The summed E-state index contributed by atoms with van der Waals surface area (Å²) >= 11 is 0. The van der Waals surface area contributed by atoms with Gasteiger partial charge in [-0.25, -0.2) is 0 Å². The third-order valence-electron chi connectivity index (χ3n) is 5.12. The lowest BCUT2D eigenvalue weighted by molar-refractivity contribution is -0.129. The van der Waals surface area contributed by atoms with Crippen LogP contribution in [0.1, 0.15) is 46.1 Å². The third-order valence-corrected chi connectivity index (χ3v) is 5.12. The van der Waals surface area contributed by atoms with Crippen molar-refractivity contribution in [3.05, 3.63) is 35.4 Å². The first-order valence-corrected chi connectivity index (χ1v) is 7.79. The molecule has 0 aromatic heterocycles. The molecule has 21 heavy (non-hydrogen) atoms. The monoisotopic (exact) mass is 286 g/mol. The van der Waals surface area contributed by atoms with Crippen LogP contribution in [0.15, 0.2) is 29.8 Å². The van der Waals surface area contributed by atoms with Gasteiger partial charge in [0, 0.05) is 5.41 Å². The van der Waals surface area contributed by atoms with Gasteiger partial charge in [0.1, 0.15) is 5.75 Å². The Morgan fingerprint density at radius 2 is 1.90 bits per heavy atom. The number of ether oxygens (including phenoxy) is 1. The molecular weight excluding hydrogens is 260 g/mol. The van der Waals surface area contributed by atoms with Crippen molar-refractivity contribution < 1.29 is 9.53 Å². The molecule has 0 N–H and O–H groups in total. The molecule has 1 aliphatic carbocycles. The van der Waals surface area contributed by atoms with Gasteiger partial charge in [-0.05, 0) is 54.0 Å². The molecule has 0 saturated heterocycles. The molecule has 1 fully saturated rings.